The van der Waals surface area contributed by atoms with Gasteiger partial charge in [-0.2, -0.15) is 0 Å². The molecule has 0 aliphatic carbocycles. The fourth-order valence-electron chi connectivity index (χ4n) is 3.17. The molecule has 0 amide bonds. The Hall–Kier alpha value is -1.18. The number of hydrogen-bond acceptors (Lipinski definition) is 2. The molecule has 132 valence electrons. The molecule has 0 saturated heterocycles. The third kappa shape index (κ3) is 8.29. The second-order valence-corrected chi connectivity index (χ2v) is 6.82. The normalized spacial score (nSPS) is 10.9. The Morgan fingerprint density at radius 2 is 1.39 bits per heavy atom. The number of hydrogen-bond donors (Lipinski definition) is 1. The van der Waals surface area contributed by atoms with Crippen molar-refractivity contribution >= 4 is 11.4 Å². The Bertz CT molecular complexity index is 414. The van der Waals surface area contributed by atoms with Gasteiger partial charge >= 0.3 is 0 Å². The Morgan fingerprint density at radius 1 is 0.826 bits per heavy atom. The van der Waals surface area contributed by atoms with Gasteiger partial charge in [0.25, 0.3) is 0 Å². The van der Waals surface area contributed by atoms with Crippen molar-refractivity contribution in [3.8, 4) is 0 Å². The minimum absolute atomic E-state index is 0.907. The van der Waals surface area contributed by atoms with Crippen LogP contribution < -0.4 is 10.6 Å². The van der Waals surface area contributed by atoms with E-state index in [4.69, 9.17) is 5.73 Å². The van der Waals surface area contributed by atoms with E-state index in [0.29, 0.717) is 0 Å². The third-order valence-corrected chi connectivity index (χ3v) is 4.69. The van der Waals surface area contributed by atoms with E-state index in [2.05, 4.69) is 37.8 Å². The molecule has 1 aromatic carbocycles. The summed E-state index contributed by atoms with van der Waals surface area (Å²) in [6.07, 6.45) is 13.9. The molecule has 0 fully saturated rings. The van der Waals surface area contributed by atoms with Crippen LogP contribution in [0.5, 0.6) is 0 Å². The van der Waals surface area contributed by atoms with Gasteiger partial charge in [-0.3, -0.25) is 0 Å². The highest BCUT2D eigenvalue weighted by Gasteiger charge is 2.07. The van der Waals surface area contributed by atoms with Crippen molar-refractivity contribution in [2.24, 2.45) is 0 Å². The van der Waals surface area contributed by atoms with Crippen LogP contribution in [0.2, 0.25) is 0 Å². The molecule has 0 spiro atoms. The number of rotatable bonds is 13. The molecule has 0 heterocycles. The monoisotopic (exact) mass is 318 g/mol. The number of benzene rings is 1. The fourth-order valence-corrected chi connectivity index (χ4v) is 3.17. The summed E-state index contributed by atoms with van der Waals surface area (Å²) >= 11 is 0. The van der Waals surface area contributed by atoms with Crippen molar-refractivity contribution in [1.82, 2.24) is 0 Å². The lowest BCUT2D eigenvalue weighted by atomic mass is 10.1. The number of nitrogen functional groups attached to an aromatic ring is 1. The molecule has 1 rings (SSSR count). The number of nitrogens with two attached hydrogens (primary N) is 1. The second kappa shape index (κ2) is 12.3. The van der Waals surface area contributed by atoms with E-state index in [0.717, 1.165) is 18.8 Å². The molecule has 2 N–H and O–H groups in total. The number of anilines is 2. The average molecular weight is 319 g/mol. The topological polar surface area (TPSA) is 29.3 Å². The first-order chi connectivity index (χ1) is 11.2. The molecule has 0 aromatic heterocycles. The van der Waals surface area contributed by atoms with E-state index in [-0.39, 0.29) is 0 Å². The molecular formula is C21H38N2. The molecule has 1 aromatic rings. The van der Waals surface area contributed by atoms with Crippen LogP contribution in [0.15, 0.2) is 18.2 Å². The summed E-state index contributed by atoms with van der Waals surface area (Å²) in [5, 5.41) is 0. The molecule has 0 bridgehead atoms. The first-order valence-corrected chi connectivity index (χ1v) is 9.80. The highest BCUT2D eigenvalue weighted by Crippen LogP contribution is 2.24. The van der Waals surface area contributed by atoms with Gasteiger partial charge in [0.1, 0.15) is 0 Å². The Balaban J connectivity index is 2.15. The smallest absolute Gasteiger partial charge is 0.0602 e. The third-order valence-electron chi connectivity index (χ3n) is 4.69. The lowest BCUT2D eigenvalue weighted by molar-refractivity contribution is 0.555. The summed E-state index contributed by atoms with van der Waals surface area (Å²) in [4.78, 5) is 2.42. The van der Waals surface area contributed by atoms with E-state index in [1.807, 2.05) is 6.07 Å². The highest BCUT2D eigenvalue weighted by atomic mass is 15.1. The van der Waals surface area contributed by atoms with Gasteiger partial charge in [-0.15, -0.1) is 0 Å². The molecule has 0 unspecified atom stereocenters. The lowest BCUT2D eigenvalue weighted by Gasteiger charge is -2.25. The zero-order chi connectivity index (χ0) is 16.9. The van der Waals surface area contributed by atoms with Gasteiger partial charge in [0.15, 0.2) is 0 Å². The molecule has 0 aliphatic rings. The van der Waals surface area contributed by atoms with Gasteiger partial charge in [0, 0.05) is 13.1 Å². The summed E-state index contributed by atoms with van der Waals surface area (Å²) in [5.74, 6) is 0. The molecule has 2 heteroatoms. The molecule has 0 saturated carbocycles. The van der Waals surface area contributed by atoms with Crippen LogP contribution in [0.3, 0.4) is 0 Å². The van der Waals surface area contributed by atoms with Crippen LogP contribution in [0.4, 0.5) is 11.4 Å². The van der Waals surface area contributed by atoms with Crippen LogP contribution in [-0.4, -0.2) is 13.1 Å². The van der Waals surface area contributed by atoms with Gasteiger partial charge < -0.3 is 10.6 Å². The second-order valence-electron chi connectivity index (χ2n) is 6.82. The first kappa shape index (κ1) is 19.9. The highest BCUT2D eigenvalue weighted by molar-refractivity contribution is 5.68. The minimum Gasteiger partial charge on any atom is -0.397 e. The predicted molar refractivity (Wildman–Crippen MR) is 105 cm³/mol. The zero-order valence-corrected chi connectivity index (χ0v) is 15.7. The SMILES string of the molecule is CCCCCCCCCCCCN(CC)c1cc(C)ccc1N. The zero-order valence-electron chi connectivity index (χ0n) is 15.7. The summed E-state index contributed by atoms with van der Waals surface area (Å²) in [7, 11) is 0. The van der Waals surface area contributed by atoms with E-state index in [9.17, 15) is 0 Å². The summed E-state index contributed by atoms with van der Waals surface area (Å²) in [6.45, 7) is 8.80. The van der Waals surface area contributed by atoms with E-state index >= 15 is 0 Å². The van der Waals surface area contributed by atoms with E-state index in [1.54, 1.807) is 0 Å². The standard InChI is InChI=1S/C21H38N2/c1-4-6-7-8-9-10-11-12-13-14-17-23(5-2)21-18-19(3)15-16-20(21)22/h15-16,18H,4-14,17,22H2,1-3H3. The summed E-state index contributed by atoms with van der Waals surface area (Å²) < 4.78 is 0. The average Bonchev–Trinajstić information content (AvgIpc) is 2.55. The fraction of sp³-hybridized carbons (Fsp3) is 0.714. The van der Waals surface area contributed by atoms with Gasteiger partial charge in [-0.05, 0) is 38.0 Å². The van der Waals surface area contributed by atoms with Crippen molar-refractivity contribution in [3.63, 3.8) is 0 Å². The van der Waals surface area contributed by atoms with E-state index in [1.165, 1.54) is 75.5 Å². The quantitative estimate of drug-likeness (QED) is 0.340. The number of aryl methyl sites for hydroxylation is 1. The van der Waals surface area contributed by atoms with Gasteiger partial charge in [-0.1, -0.05) is 70.8 Å². The maximum absolute atomic E-state index is 6.14. The minimum atomic E-state index is 0.907. The number of nitrogens with zero attached hydrogens (tertiary/aromatic N) is 1. The largest absolute Gasteiger partial charge is 0.397 e. The van der Waals surface area contributed by atoms with Crippen molar-refractivity contribution in [2.45, 2.75) is 85.0 Å². The van der Waals surface area contributed by atoms with Crippen molar-refractivity contribution in [2.75, 3.05) is 23.7 Å². The summed E-state index contributed by atoms with van der Waals surface area (Å²) in [5.41, 5.74) is 9.55. The lowest BCUT2D eigenvalue weighted by Crippen LogP contribution is -2.25. The predicted octanol–water partition coefficient (Wildman–Crippen LogP) is 6.32. The molecular weight excluding hydrogens is 280 g/mol. The van der Waals surface area contributed by atoms with Gasteiger partial charge in [0.05, 0.1) is 11.4 Å². The Labute approximate surface area is 144 Å². The van der Waals surface area contributed by atoms with Crippen LogP contribution >= 0.6 is 0 Å². The van der Waals surface area contributed by atoms with Gasteiger partial charge in [0.2, 0.25) is 0 Å². The number of unbranched alkanes of at least 4 members (excludes halogenated alkanes) is 9. The Morgan fingerprint density at radius 3 is 1.96 bits per heavy atom. The van der Waals surface area contributed by atoms with Gasteiger partial charge in [-0.25, -0.2) is 0 Å². The Kier molecular flexibility index (Phi) is 10.6. The van der Waals surface area contributed by atoms with Crippen LogP contribution in [-0.2, 0) is 0 Å². The first-order valence-electron chi connectivity index (χ1n) is 9.80. The maximum atomic E-state index is 6.14. The molecule has 0 aliphatic heterocycles. The molecule has 0 radical (unpaired) electrons. The summed E-state index contributed by atoms with van der Waals surface area (Å²) in [6, 6.07) is 6.34. The molecule has 0 atom stereocenters. The van der Waals surface area contributed by atoms with Crippen LogP contribution in [0.1, 0.15) is 83.6 Å². The maximum Gasteiger partial charge on any atom is 0.0602 e. The molecule has 23 heavy (non-hydrogen) atoms. The van der Waals surface area contributed by atoms with Crippen molar-refractivity contribution in [3.05, 3.63) is 23.8 Å². The van der Waals surface area contributed by atoms with Crippen LogP contribution in [0, 0.1) is 6.92 Å². The van der Waals surface area contributed by atoms with Crippen molar-refractivity contribution < 1.29 is 0 Å². The molecule has 2 nitrogen and oxygen atoms in total. The van der Waals surface area contributed by atoms with Crippen molar-refractivity contribution in [1.29, 1.82) is 0 Å². The van der Waals surface area contributed by atoms with Crippen LogP contribution in [0.25, 0.3) is 0 Å². The van der Waals surface area contributed by atoms with E-state index < -0.39 is 0 Å².